The van der Waals surface area contributed by atoms with Gasteiger partial charge >= 0.3 is 0 Å². The molecule has 0 spiro atoms. The molecule has 0 bridgehead atoms. The quantitative estimate of drug-likeness (QED) is 0.381. The van der Waals surface area contributed by atoms with Crippen LogP contribution < -0.4 is 21.3 Å². The van der Waals surface area contributed by atoms with Crippen LogP contribution in [0.4, 0.5) is 23.0 Å². The molecule has 0 fully saturated rings. The maximum atomic E-state index is 12.8. The SMILES string of the molecule is C=CCNC(=O)c1cnc(Nc2ccc3c(c2)CNCC3)cc1Nc1cccc(C(C)(C)C)n1. The van der Waals surface area contributed by atoms with Gasteiger partial charge < -0.3 is 21.3 Å². The second-order valence-electron chi connectivity index (χ2n) is 9.43. The largest absolute Gasteiger partial charge is 0.348 e. The van der Waals surface area contributed by atoms with Crippen molar-refractivity contribution in [2.45, 2.75) is 39.2 Å². The number of pyridine rings is 2. The average Bonchev–Trinajstić information content (AvgIpc) is 2.82. The molecule has 0 atom stereocenters. The summed E-state index contributed by atoms with van der Waals surface area (Å²) in [6.45, 7) is 12.3. The van der Waals surface area contributed by atoms with E-state index in [0.717, 1.165) is 30.9 Å². The minimum Gasteiger partial charge on any atom is -0.348 e. The molecule has 0 radical (unpaired) electrons. The van der Waals surface area contributed by atoms with Crippen LogP contribution in [0.5, 0.6) is 0 Å². The molecule has 1 aliphatic heterocycles. The molecule has 0 unspecified atom stereocenters. The summed E-state index contributed by atoms with van der Waals surface area (Å²) in [5.41, 5.74) is 5.55. The zero-order valence-corrected chi connectivity index (χ0v) is 20.0. The minimum atomic E-state index is -0.228. The van der Waals surface area contributed by atoms with Crippen molar-refractivity contribution in [2.24, 2.45) is 0 Å². The van der Waals surface area contributed by atoms with Crippen LogP contribution in [0.3, 0.4) is 0 Å². The zero-order valence-electron chi connectivity index (χ0n) is 20.0. The first-order valence-electron chi connectivity index (χ1n) is 11.6. The molecular weight excluding hydrogens is 424 g/mol. The van der Waals surface area contributed by atoms with E-state index >= 15 is 0 Å². The summed E-state index contributed by atoms with van der Waals surface area (Å²) in [7, 11) is 0. The number of rotatable bonds is 7. The van der Waals surface area contributed by atoms with E-state index in [1.165, 1.54) is 11.1 Å². The summed E-state index contributed by atoms with van der Waals surface area (Å²) in [6, 6.07) is 14.1. The van der Waals surface area contributed by atoms with Gasteiger partial charge in [0, 0.05) is 42.1 Å². The second-order valence-corrected chi connectivity index (χ2v) is 9.43. The molecule has 1 amide bonds. The maximum absolute atomic E-state index is 12.8. The number of benzene rings is 1. The van der Waals surface area contributed by atoms with Crippen molar-refractivity contribution in [3.63, 3.8) is 0 Å². The maximum Gasteiger partial charge on any atom is 0.255 e. The van der Waals surface area contributed by atoms with Crippen LogP contribution in [0.1, 0.15) is 48.0 Å². The third-order valence-corrected chi connectivity index (χ3v) is 5.70. The van der Waals surface area contributed by atoms with Crippen molar-refractivity contribution in [3.8, 4) is 0 Å². The molecule has 7 nitrogen and oxygen atoms in total. The van der Waals surface area contributed by atoms with Gasteiger partial charge in [-0.3, -0.25) is 4.79 Å². The van der Waals surface area contributed by atoms with Crippen LogP contribution >= 0.6 is 0 Å². The van der Waals surface area contributed by atoms with E-state index in [1.807, 2.05) is 24.3 Å². The van der Waals surface area contributed by atoms with Crippen LogP contribution in [0.25, 0.3) is 0 Å². The predicted octanol–water partition coefficient (Wildman–Crippen LogP) is 4.82. The Labute approximate surface area is 201 Å². The van der Waals surface area contributed by atoms with Crippen molar-refractivity contribution >= 4 is 28.9 Å². The predicted molar refractivity (Wildman–Crippen MR) is 138 cm³/mol. The number of carbonyl (C=O) groups excluding carboxylic acids is 1. The first-order valence-corrected chi connectivity index (χ1v) is 11.6. The van der Waals surface area contributed by atoms with Crippen LogP contribution in [0.15, 0.2) is 61.3 Å². The normalized spacial score (nSPS) is 13.0. The zero-order chi connectivity index (χ0) is 24.1. The van der Waals surface area contributed by atoms with Gasteiger partial charge in [0.2, 0.25) is 0 Å². The molecule has 3 heterocycles. The Kier molecular flexibility index (Phi) is 6.93. The van der Waals surface area contributed by atoms with E-state index in [-0.39, 0.29) is 11.3 Å². The van der Waals surface area contributed by atoms with E-state index in [2.05, 4.69) is 71.8 Å². The fourth-order valence-electron chi connectivity index (χ4n) is 3.83. The van der Waals surface area contributed by atoms with Crippen LogP contribution in [0.2, 0.25) is 0 Å². The molecule has 176 valence electrons. The van der Waals surface area contributed by atoms with Crippen LogP contribution in [0, 0.1) is 0 Å². The Morgan fingerprint density at radius 3 is 2.76 bits per heavy atom. The number of nitrogens with zero attached hydrogens (tertiary/aromatic N) is 2. The van der Waals surface area contributed by atoms with Crippen molar-refractivity contribution < 1.29 is 4.79 Å². The highest BCUT2D eigenvalue weighted by Crippen LogP contribution is 2.27. The summed E-state index contributed by atoms with van der Waals surface area (Å²) in [5.74, 6) is 1.08. The van der Waals surface area contributed by atoms with Gasteiger partial charge in [-0.15, -0.1) is 6.58 Å². The molecule has 0 aliphatic carbocycles. The summed E-state index contributed by atoms with van der Waals surface area (Å²) in [6.07, 6.45) is 4.27. The number of hydrogen-bond acceptors (Lipinski definition) is 6. The average molecular weight is 457 g/mol. The number of amides is 1. The number of hydrogen-bond donors (Lipinski definition) is 4. The van der Waals surface area contributed by atoms with E-state index in [4.69, 9.17) is 4.98 Å². The van der Waals surface area contributed by atoms with Crippen molar-refractivity contribution in [2.75, 3.05) is 23.7 Å². The fourth-order valence-corrected chi connectivity index (χ4v) is 3.83. The lowest BCUT2D eigenvalue weighted by molar-refractivity contribution is 0.0958. The molecule has 2 aromatic heterocycles. The number of carbonyl (C=O) groups is 1. The Morgan fingerprint density at radius 2 is 1.97 bits per heavy atom. The Morgan fingerprint density at radius 1 is 1.12 bits per heavy atom. The fraction of sp³-hybridized carbons (Fsp3) is 0.296. The summed E-state index contributed by atoms with van der Waals surface area (Å²) < 4.78 is 0. The number of fused-ring (bicyclic) bond motifs is 1. The van der Waals surface area contributed by atoms with Gasteiger partial charge in [-0.1, -0.05) is 39.0 Å². The molecule has 1 aliphatic rings. The highest BCUT2D eigenvalue weighted by Gasteiger charge is 2.18. The van der Waals surface area contributed by atoms with Gasteiger partial charge in [0.05, 0.1) is 11.3 Å². The summed E-state index contributed by atoms with van der Waals surface area (Å²) >= 11 is 0. The molecule has 3 aromatic rings. The number of aromatic nitrogens is 2. The van der Waals surface area contributed by atoms with Gasteiger partial charge in [-0.25, -0.2) is 9.97 Å². The van der Waals surface area contributed by atoms with Gasteiger partial charge in [0.1, 0.15) is 11.6 Å². The molecule has 0 saturated heterocycles. The van der Waals surface area contributed by atoms with Crippen LogP contribution in [-0.2, 0) is 18.4 Å². The monoisotopic (exact) mass is 456 g/mol. The number of anilines is 4. The second kappa shape index (κ2) is 10.1. The molecule has 0 saturated carbocycles. The van der Waals surface area contributed by atoms with E-state index in [9.17, 15) is 4.79 Å². The minimum absolute atomic E-state index is 0.0892. The van der Waals surface area contributed by atoms with Crippen LogP contribution in [-0.4, -0.2) is 29.0 Å². The van der Waals surface area contributed by atoms with E-state index in [0.29, 0.717) is 29.4 Å². The first kappa shape index (κ1) is 23.4. The standard InChI is InChI=1S/C27H32N6O/c1-5-12-29-26(34)21-17-30-25(31-20-10-9-18-11-13-28-16-19(18)14-20)15-22(21)32-24-8-6-7-23(33-24)27(2,3)4/h5-10,14-15,17,28H,1,11-13,16H2,2-4H3,(H,29,34)(H2,30,31,32,33). The Hall–Kier alpha value is -3.71. The van der Waals surface area contributed by atoms with Gasteiger partial charge in [0.15, 0.2) is 0 Å². The molecule has 4 N–H and O–H groups in total. The van der Waals surface area contributed by atoms with Crippen molar-refractivity contribution in [1.82, 2.24) is 20.6 Å². The lowest BCUT2D eigenvalue weighted by atomic mass is 9.92. The Balaban J connectivity index is 1.64. The van der Waals surface area contributed by atoms with Crippen molar-refractivity contribution in [3.05, 3.63) is 83.7 Å². The third-order valence-electron chi connectivity index (χ3n) is 5.70. The molecule has 34 heavy (non-hydrogen) atoms. The third kappa shape index (κ3) is 5.61. The summed E-state index contributed by atoms with van der Waals surface area (Å²) in [5, 5.41) is 12.9. The van der Waals surface area contributed by atoms with Gasteiger partial charge in [-0.05, 0) is 48.4 Å². The highest BCUT2D eigenvalue weighted by atomic mass is 16.1. The highest BCUT2D eigenvalue weighted by molar-refractivity contribution is 6.00. The Bertz CT molecular complexity index is 1200. The molecule has 1 aromatic carbocycles. The van der Waals surface area contributed by atoms with E-state index < -0.39 is 0 Å². The first-order chi connectivity index (χ1) is 16.3. The lowest BCUT2D eigenvalue weighted by Gasteiger charge is -2.20. The van der Waals surface area contributed by atoms with Crippen molar-refractivity contribution in [1.29, 1.82) is 0 Å². The van der Waals surface area contributed by atoms with Gasteiger partial charge in [0.25, 0.3) is 5.91 Å². The lowest BCUT2D eigenvalue weighted by Crippen LogP contribution is -2.24. The summed E-state index contributed by atoms with van der Waals surface area (Å²) in [4.78, 5) is 22.0. The molecular formula is C27H32N6O. The molecule has 7 heteroatoms. The topological polar surface area (TPSA) is 91.0 Å². The smallest absolute Gasteiger partial charge is 0.255 e. The number of nitrogens with one attached hydrogen (secondary N) is 4. The van der Waals surface area contributed by atoms with E-state index in [1.54, 1.807) is 12.3 Å². The van der Waals surface area contributed by atoms with Gasteiger partial charge in [-0.2, -0.15) is 0 Å². The molecule has 4 rings (SSSR count).